The summed E-state index contributed by atoms with van der Waals surface area (Å²) in [5.41, 5.74) is -1.52. The second-order valence-electron chi connectivity index (χ2n) is 3.61. The van der Waals surface area contributed by atoms with Crippen LogP contribution in [0.2, 0.25) is 0 Å². The highest BCUT2D eigenvalue weighted by Crippen LogP contribution is 2.35. The third kappa shape index (κ3) is 1.56. The lowest BCUT2D eigenvalue weighted by Gasteiger charge is -2.35. The van der Waals surface area contributed by atoms with Gasteiger partial charge in [-0.05, 0) is 0 Å². The van der Waals surface area contributed by atoms with E-state index >= 15 is 0 Å². The topological polar surface area (TPSA) is 111 Å². The minimum absolute atomic E-state index is 0.00492. The minimum Gasteiger partial charge on any atom is -0.394 e. The molecule has 0 atom stereocenters. The molecule has 0 aromatic carbocycles. The lowest BCUT2D eigenvalue weighted by molar-refractivity contribution is -0.388. The Morgan fingerprint density at radius 2 is 2.38 bits per heavy atom. The molecule has 0 spiro atoms. The molecule has 0 saturated carbocycles. The molecule has 0 amide bonds. The second-order valence-corrected chi connectivity index (χ2v) is 3.61. The highest BCUT2D eigenvalue weighted by Gasteiger charge is 2.46. The average Bonchev–Trinajstić information content (AvgIpc) is 2.59. The Morgan fingerprint density at radius 3 is 2.81 bits per heavy atom. The molecule has 0 unspecified atom stereocenters. The average molecular weight is 229 g/mol. The molecule has 0 aliphatic carbocycles. The van der Waals surface area contributed by atoms with Crippen LogP contribution in [0.5, 0.6) is 0 Å². The molecular weight excluding hydrogens is 218 g/mol. The summed E-state index contributed by atoms with van der Waals surface area (Å²) in [4.78, 5) is 10.2. The van der Waals surface area contributed by atoms with E-state index in [2.05, 4.69) is 5.10 Å². The first-order valence-corrected chi connectivity index (χ1v) is 4.70. The van der Waals surface area contributed by atoms with E-state index < -0.39 is 10.5 Å². The van der Waals surface area contributed by atoms with Gasteiger partial charge in [-0.3, -0.25) is 14.8 Å². The third-order valence-corrected chi connectivity index (χ3v) is 2.45. The van der Waals surface area contributed by atoms with Gasteiger partial charge in [-0.15, -0.1) is 0 Å². The number of rotatable bonds is 4. The standard InChI is InChI=1S/C8H11N3O5/c12-2-1-10-7(8(13)4-16-5-8)6(3-9-10)11(14)15/h3,12-13H,1-2,4-5H2. The summed E-state index contributed by atoms with van der Waals surface area (Å²) in [6.45, 7) is -0.0931. The zero-order valence-electron chi connectivity index (χ0n) is 8.37. The summed E-state index contributed by atoms with van der Waals surface area (Å²) in [5, 5.41) is 33.4. The largest absolute Gasteiger partial charge is 0.394 e. The highest BCUT2D eigenvalue weighted by molar-refractivity contribution is 5.38. The van der Waals surface area contributed by atoms with Gasteiger partial charge in [0.25, 0.3) is 0 Å². The van der Waals surface area contributed by atoms with Gasteiger partial charge in [0.15, 0.2) is 11.3 Å². The van der Waals surface area contributed by atoms with Crippen molar-refractivity contribution in [3.63, 3.8) is 0 Å². The van der Waals surface area contributed by atoms with E-state index in [0.717, 1.165) is 6.20 Å². The van der Waals surface area contributed by atoms with Crippen molar-refractivity contribution in [1.82, 2.24) is 9.78 Å². The molecule has 1 aliphatic heterocycles. The predicted octanol–water partition coefficient (Wildman–Crippen LogP) is -0.999. The second kappa shape index (κ2) is 3.81. The Labute approximate surface area is 90.2 Å². The van der Waals surface area contributed by atoms with Crippen molar-refractivity contribution < 1.29 is 19.9 Å². The number of hydrogen-bond donors (Lipinski definition) is 2. The molecule has 2 heterocycles. The van der Waals surface area contributed by atoms with Gasteiger partial charge in [-0.25, -0.2) is 0 Å². The molecule has 8 nitrogen and oxygen atoms in total. The molecule has 1 aliphatic rings. The monoisotopic (exact) mass is 229 g/mol. The van der Waals surface area contributed by atoms with E-state index in [1.165, 1.54) is 4.68 Å². The van der Waals surface area contributed by atoms with Gasteiger partial charge in [0.05, 0.1) is 31.3 Å². The zero-order valence-corrected chi connectivity index (χ0v) is 8.37. The quantitative estimate of drug-likeness (QED) is 0.506. The van der Waals surface area contributed by atoms with Crippen molar-refractivity contribution >= 4 is 5.69 Å². The van der Waals surface area contributed by atoms with Crippen LogP contribution >= 0.6 is 0 Å². The maximum absolute atomic E-state index is 10.8. The molecular formula is C8H11N3O5. The van der Waals surface area contributed by atoms with Crippen molar-refractivity contribution in [3.05, 3.63) is 22.0 Å². The zero-order chi connectivity index (χ0) is 11.8. The lowest BCUT2D eigenvalue weighted by Crippen LogP contribution is -2.48. The van der Waals surface area contributed by atoms with Crippen LogP contribution in [0.4, 0.5) is 5.69 Å². The number of ether oxygens (including phenoxy) is 1. The highest BCUT2D eigenvalue weighted by atomic mass is 16.6. The normalized spacial score (nSPS) is 18.1. The first-order valence-electron chi connectivity index (χ1n) is 4.70. The van der Waals surface area contributed by atoms with E-state index in [0.29, 0.717) is 0 Å². The molecule has 1 aromatic rings. The fraction of sp³-hybridized carbons (Fsp3) is 0.625. The van der Waals surface area contributed by atoms with Gasteiger partial charge in [0.1, 0.15) is 6.20 Å². The molecule has 88 valence electrons. The summed E-state index contributed by atoms with van der Waals surface area (Å²) in [6.07, 6.45) is 1.07. The SMILES string of the molecule is O=[N+]([O-])c1cnn(CCO)c1C1(O)COC1. The third-order valence-electron chi connectivity index (χ3n) is 2.45. The van der Waals surface area contributed by atoms with Crippen molar-refractivity contribution in [3.8, 4) is 0 Å². The summed E-state index contributed by atoms with van der Waals surface area (Å²) >= 11 is 0. The van der Waals surface area contributed by atoms with Crippen LogP contribution in [0.1, 0.15) is 5.69 Å². The maximum atomic E-state index is 10.8. The van der Waals surface area contributed by atoms with Gasteiger partial charge < -0.3 is 14.9 Å². The number of nitro groups is 1. The molecule has 8 heteroatoms. The van der Waals surface area contributed by atoms with Gasteiger partial charge in [-0.1, -0.05) is 0 Å². The van der Waals surface area contributed by atoms with E-state index in [9.17, 15) is 15.2 Å². The van der Waals surface area contributed by atoms with Crippen LogP contribution in [0, 0.1) is 10.1 Å². The molecule has 16 heavy (non-hydrogen) atoms. The van der Waals surface area contributed by atoms with Gasteiger partial charge in [-0.2, -0.15) is 5.10 Å². The first kappa shape index (κ1) is 11.0. The minimum atomic E-state index is -1.37. The Hall–Kier alpha value is -1.51. The summed E-state index contributed by atoms with van der Waals surface area (Å²) in [5.74, 6) is 0. The number of aliphatic hydroxyl groups excluding tert-OH is 1. The Balaban J connectivity index is 2.44. The Morgan fingerprint density at radius 1 is 1.69 bits per heavy atom. The first-order chi connectivity index (χ1) is 7.58. The summed E-state index contributed by atoms with van der Waals surface area (Å²) in [7, 11) is 0. The molecule has 0 bridgehead atoms. The lowest BCUT2D eigenvalue weighted by atomic mass is 9.96. The van der Waals surface area contributed by atoms with E-state index in [1.807, 2.05) is 0 Å². The molecule has 2 rings (SSSR count). The summed E-state index contributed by atoms with van der Waals surface area (Å²) in [6, 6.07) is 0. The molecule has 1 saturated heterocycles. The van der Waals surface area contributed by atoms with Crippen molar-refractivity contribution in [2.45, 2.75) is 12.1 Å². The molecule has 1 aromatic heterocycles. The summed E-state index contributed by atoms with van der Waals surface area (Å²) < 4.78 is 6.09. The number of aliphatic hydroxyl groups is 2. The fourth-order valence-electron chi connectivity index (χ4n) is 1.68. The van der Waals surface area contributed by atoms with Crippen molar-refractivity contribution in [2.24, 2.45) is 0 Å². The Bertz CT molecular complexity index is 412. The van der Waals surface area contributed by atoms with Gasteiger partial charge in [0.2, 0.25) is 0 Å². The van der Waals surface area contributed by atoms with Gasteiger partial charge >= 0.3 is 5.69 Å². The molecule has 0 radical (unpaired) electrons. The van der Waals surface area contributed by atoms with E-state index in [1.54, 1.807) is 0 Å². The maximum Gasteiger partial charge on any atom is 0.313 e. The number of aromatic nitrogens is 2. The van der Waals surface area contributed by atoms with Crippen LogP contribution < -0.4 is 0 Å². The van der Waals surface area contributed by atoms with Crippen LogP contribution in [-0.2, 0) is 16.9 Å². The van der Waals surface area contributed by atoms with Crippen LogP contribution in [0.25, 0.3) is 0 Å². The van der Waals surface area contributed by atoms with Gasteiger partial charge in [0, 0.05) is 0 Å². The predicted molar refractivity (Wildman–Crippen MR) is 50.7 cm³/mol. The van der Waals surface area contributed by atoms with E-state index in [4.69, 9.17) is 9.84 Å². The van der Waals surface area contributed by atoms with E-state index in [-0.39, 0.29) is 37.7 Å². The number of nitrogens with zero attached hydrogens (tertiary/aromatic N) is 3. The smallest absolute Gasteiger partial charge is 0.313 e. The van der Waals surface area contributed by atoms with Crippen molar-refractivity contribution in [2.75, 3.05) is 19.8 Å². The number of hydrogen-bond acceptors (Lipinski definition) is 6. The van der Waals surface area contributed by atoms with Crippen LogP contribution in [-0.4, -0.2) is 44.7 Å². The molecule has 2 N–H and O–H groups in total. The molecule has 1 fully saturated rings. The van der Waals surface area contributed by atoms with Crippen LogP contribution in [0.15, 0.2) is 6.20 Å². The fourth-order valence-corrected chi connectivity index (χ4v) is 1.68. The van der Waals surface area contributed by atoms with Crippen molar-refractivity contribution in [1.29, 1.82) is 0 Å². The Kier molecular flexibility index (Phi) is 2.62. The van der Waals surface area contributed by atoms with Crippen LogP contribution in [0.3, 0.4) is 0 Å².